The minimum Gasteiger partial charge on any atom is -0.624 e. The molecule has 5 nitrogen and oxygen atoms in total. The zero-order valence-electron chi connectivity index (χ0n) is 16.6. The van der Waals surface area contributed by atoms with Crippen molar-refractivity contribution in [1.82, 2.24) is 9.78 Å². The molecule has 0 fully saturated rings. The fourth-order valence-electron chi connectivity index (χ4n) is 3.25. The van der Waals surface area contributed by atoms with Gasteiger partial charge in [0.05, 0.1) is 16.8 Å². The maximum absolute atomic E-state index is 13.8. The second-order valence-electron chi connectivity index (χ2n) is 7.30. The van der Waals surface area contributed by atoms with E-state index in [1.165, 1.54) is 29.1 Å². The number of aromatic nitrogens is 2. The number of benzene rings is 3. The molecular formula is C24H20FN3O2. The molecule has 6 heteroatoms. The summed E-state index contributed by atoms with van der Waals surface area (Å²) >= 11 is 0. The Kier molecular flexibility index (Phi) is 5.14. The molecule has 0 atom stereocenters. The quantitative estimate of drug-likeness (QED) is 0.218. The third-order valence-electron chi connectivity index (χ3n) is 4.80. The first-order valence-electron chi connectivity index (χ1n) is 9.63. The third-order valence-corrected chi connectivity index (χ3v) is 4.80. The van der Waals surface area contributed by atoms with Gasteiger partial charge in [-0.2, -0.15) is 9.78 Å². The maximum Gasteiger partial charge on any atom is 0.279 e. The minimum absolute atomic E-state index is 0.178. The lowest BCUT2D eigenvalue weighted by atomic mass is 10.0. The maximum atomic E-state index is 13.8. The van der Waals surface area contributed by atoms with Gasteiger partial charge in [0.2, 0.25) is 0 Å². The summed E-state index contributed by atoms with van der Waals surface area (Å²) in [7, 11) is 0. The average Bonchev–Trinajstić information content (AvgIpc) is 2.74. The second kappa shape index (κ2) is 7.91. The smallest absolute Gasteiger partial charge is 0.279 e. The first-order valence-corrected chi connectivity index (χ1v) is 9.63. The monoisotopic (exact) mass is 401 g/mol. The molecule has 0 N–H and O–H groups in total. The summed E-state index contributed by atoms with van der Waals surface area (Å²) in [5.74, 6) is -0.447. The highest BCUT2D eigenvalue weighted by Gasteiger charge is 2.14. The van der Waals surface area contributed by atoms with E-state index in [4.69, 9.17) is 0 Å². The summed E-state index contributed by atoms with van der Waals surface area (Å²) < 4.78 is 15.9. The number of hydroxylamine groups is 1. The van der Waals surface area contributed by atoms with Crippen LogP contribution in [-0.4, -0.2) is 26.8 Å². The van der Waals surface area contributed by atoms with Crippen LogP contribution in [0.4, 0.5) is 4.39 Å². The highest BCUT2D eigenvalue weighted by Crippen LogP contribution is 2.26. The van der Waals surface area contributed by atoms with E-state index < -0.39 is 5.82 Å². The Morgan fingerprint density at radius 2 is 1.73 bits per heavy atom. The second-order valence-corrected chi connectivity index (χ2v) is 7.30. The van der Waals surface area contributed by atoms with Gasteiger partial charge in [-0.1, -0.05) is 36.4 Å². The molecule has 30 heavy (non-hydrogen) atoms. The predicted molar refractivity (Wildman–Crippen MR) is 117 cm³/mol. The molecule has 150 valence electrons. The molecule has 0 spiro atoms. The van der Waals surface area contributed by atoms with Crippen LogP contribution >= 0.6 is 0 Å². The molecule has 0 saturated heterocycles. The SMILES string of the molecule is CC(C)/[N+]([O-])=C/c1cccc(-c2nn(-c3cccc(F)c3)c(=O)c3ccccc23)c1. The van der Waals surface area contributed by atoms with Crippen LogP contribution < -0.4 is 5.56 Å². The predicted octanol–water partition coefficient (Wildman–Crippen LogP) is 4.53. The zero-order valence-corrected chi connectivity index (χ0v) is 16.6. The largest absolute Gasteiger partial charge is 0.624 e. The van der Waals surface area contributed by atoms with Gasteiger partial charge in [0.25, 0.3) is 5.56 Å². The van der Waals surface area contributed by atoms with Crippen molar-refractivity contribution in [3.8, 4) is 16.9 Å². The summed E-state index contributed by atoms with van der Waals surface area (Å²) in [6, 6.07) is 20.2. The van der Waals surface area contributed by atoms with E-state index in [9.17, 15) is 14.4 Å². The van der Waals surface area contributed by atoms with Gasteiger partial charge in [-0.25, -0.2) is 9.13 Å². The molecule has 1 heterocycles. The normalized spacial score (nSPS) is 11.9. The van der Waals surface area contributed by atoms with Gasteiger partial charge in [0.1, 0.15) is 5.82 Å². The molecule has 1 aromatic heterocycles. The Hall–Kier alpha value is -3.80. The Bertz CT molecular complexity index is 1330. The molecule has 0 aliphatic carbocycles. The van der Waals surface area contributed by atoms with Crippen molar-refractivity contribution >= 4 is 17.0 Å². The fourth-order valence-corrected chi connectivity index (χ4v) is 3.25. The lowest BCUT2D eigenvalue weighted by molar-refractivity contribution is -0.487. The molecule has 4 aromatic rings. The van der Waals surface area contributed by atoms with Crippen LogP contribution in [-0.2, 0) is 0 Å². The van der Waals surface area contributed by atoms with Crippen LogP contribution in [0.3, 0.4) is 0 Å². The molecule has 0 aliphatic rings. The van der Waals surface area contributed by atoms with Crippen LogP contribution in [0, 0.1) is 11.0 Å². The molecule has 0 saturated carbocycles. The van der Waals surface area contributed by atoms with Crippen molar-refractivity contribution in [2.75, 3.05) is 0 Å². The number of halogens is 1. The van der Waals surface area contributed by atoms with Gasteiger partial charge in [-0.15, -0.1) is 0 Å². The molecule has 0 unspecified atom stereocenters. The Morgan fingerprint density at radius 1 is 1.00 bits per heavy atom. The molecule has 0 radical (unpaired) electrons. The fraction of sp³-hybridized carbons (Fsp3) is 0.125. The number of hydrogen-bond acceptors (Lipinski definition) is 3. The molecule has 4 rings (SSSR count). The van der Waals surface area contributed by atoms with Crippen molar-refractivity contribution in [1.29, 1.82) is 0 Å². The van der Waals surface area contributed by atoms with Crippen molar-refractivity contribution in [3.63, 3.8) is 0 Å². The van der Waals surface area contributed by atoms with Gasteiger partial charge in [0, 0.05) is 16.5 Å². The molecule has 0 aliphatic heterocycles. The highest BCUT2D eigenvalue weighted by molar-refractivity contribution is 5.94. The van der Waals surface area contributed by atoms with Crippen LogP contribution in [0.15, 0.2) is 77.6 Å². The van der Waals surface area contributed by atoms with Crippen molar-refractivity contribution < 1.29 is 9.13 Å². The van der Waals surface area contributed by atoms with Gasteiger partial charge >= 0.3 is 0 Å². The van der Waals surface area contributed by atoms with Crippen molar-refractivity contribution in [2.24, 2.45) is 0 Å². The average molecular weight is 401 g/mol. The Labute approximate surface area is 172 Å². The molecule has 3 aromatic carbocycles. The topological polar surface area (TPSA) is 61.0 Å². The van der Waals surface area contributed by atoms with E-state index in [1.807, 2.05) is 50.2 Å². The molecule has 0 amide bonds. The summed E-state index contributed by atoms with van der Waals surface area (Å²) in [5.41, 5.74) is 2.08. The first kappa shape index (κ1) is 19.5. The zero-order chi connectivity index (χ0) is 21.3. The number of rotatable bonds is 4. The lowest BCUT2D eigenvalue weighted by Crippen LogP contribution is -2.22. The number of hydrogen-bond donors (Lipinski definition) is 0. The summed E-state index contributed by atoms with van der Waals surface area (Å²) in [4.78, 5) is 13.0. The standard InChI is InChI=1S/C24H20FN3O2/c1-16(2)27(30)15-17-7-5-8-18(13-17)23-21-11-3-4-12-22(21)24(29)28(26-23)20-10-6-9-19(25)14-20/h3-16H,1-2H3/b27-15-. The van der Waals surface area contributed by atoms with E-state index in [0.717, 1.165) is 15.9 Å². The summed E-state index contributed by atoms with van der Waals surface area (Å²) in [6.45, 7) is 3.63. The van der Waals surface area contributed by atoms with E-state index in [1.54, 1.807) is 18.2 Å². The number of nitrogens with zero attached hydrogens (tertiary/aromatic N) is 3. The van der Waals surface area contributed by atoms with E-state index >= 15 is 0 Å². The van der Waals surface area contributed by atoms with Gasteiger partial charge < -0.3 is 5.21 Å². The Balaban J connectivity index is 1.97. The Morgan fingerprint density at radius 3 is 2.47 bits per heavy atom. The highest BCUT2D eigenvalue weighted by atomic mass is 19.1. The van der Waals surface area contributed by atoms with Crippen LogP contribution in [0.5, 0.6) is 0 Å². The molecule has 0 bridgehead atoms. The summed E-state index contributed by atoms with van der Waals surface area (Å²) in [5, 5.41) is 17.8. The molecular weight excluding hydrogens is 381 g/mol. The van der Waals surface area contributed by atoms with E-state index in [2.05, 4.69) is 5.10 Å². The summed E-state index contributed by atoms with van der Waals surface area (Å²) in [6.07, 6.45) is 1.53. The first-order chi connectivity index (χ1) is 14.4. The third kappa shape index (κ3) is 3.72. The van der Waals surface area contributed by atoms with E-state index in [-0.39, 0.29) is 11.6 Å². The van der Waals surface area contributed by atoms with Crippen LogP contribution in [0.25, 0.3) is 27.7 Å². The van der Waals surface area contributed by atoms with E-state index in [0.29, 0.717) is 22.2 Å². The lowest BCUT2D eigenvalue weighted by Gasteiger charge is -2.12. The van der Waals surface area contributed by atoms with Gasteiger partial charge in [0.15, 0.2) is 12.3 Å². The van der Waals surface area contributed by atoms with Crippen LogP contribution in [0.1, 0.15) is 19.4 Å². The van der Waals surface area contributed by atoms with Gasteiger partial charge in [-0.3, -0.25) is 4.79 Å². The van der Waals surface area contributed by atoms with Crippen molar-refractivity contribution in [2.45, 2.75) is 19.9 Å². The minimum atomic E-state index is -0.447. The van der Waals surface area contributed by atoms with Gasteiger partial charge in [-0.05, 0) is 50.2 Å². The van der Waals surface area contributed by atoms with Crippen molar-refractivity contribution in [3.05, 3.63) is 99.7 Å². The van der Waals surface area contributed by atoms with Crippen LogP contribution in [0.2, 0.25) is 0 Å². The number of fused-ring (bicyclic) bond motifs is 1.